The summed E-state index contributed by atoms with van der Waals surface area (Å²) in [6.45, 7) is 3.88. The minimum atomic E-state index is -4.20. The first-order valence-corrected chi connectivity index (χ1v) is 7.48. The highest BCUT2D eigenvalue weighted by molar-refractivity contribution is 7.86. The van der Waals surface area contributed by atoms with E-state index in [1.165, 1.54) is 0 Å². The second-order valence-electron chi connectivity index (χ2n) is 4.65. The summed E-state index contributed by atoms with van der Waals surface area (Å²) in [7, 11) is -4.20. The SMILES string of the molecule is Cc1ccc(C(c2ccccc2)S(=O)(=O)O)cc1C. The largest absolute Gasteiger partial charge is 0.285 e. The molecule has 0 saturated heterocycles. The summed E-state index contributed by atoms with van der Waals surface area (Å²) in [5.74, 6) is 0. The molecule has 1 atom stereocenters. The predicted molar refractivity (Wildman–Crippen MR) is 75.7 cm³/mol. The van der Waals surface area contributed by atoms with Gasteiger partial charge in [0.2, 0.25) is 0 Å². The topological polar surface area (TPSA) is 54.4 Å². The monoisotopic (exact) mass is 276 g/mol. The summed E-state index contributed by atoms with van der Waals surface area (Å²) in [6, 6.07) is 14.1. The van der Waals surface area contributed by atoms with Crippen LogP contribution in [0.3, 0.4) is 0 Å². The zero-order valence-electron chi connectivity index (χ0n) is 10.9. The summed E-state index contributed by atoms with van der Waals surface area (Å²) < 4.78 is 32.9. The Morgan fingerprint density at radius 2 is 1.53 bits per heavy atom. The molecule has 2 aromatic carbocycles. The van der Waals surface area contributed by atoms with Gasteiger partial charge in [0.15, 0.2) is 0 Å². The molecule has 1 unspecified atom stereocenters. The zero-order valence-corrected chi connectivity index (χ0v) is 11.7. The Balaban J connectivity index is 2.60. The van der Waals surface area contributed by atoms with Crippen LogP contribution in [0.25, 0.3) is 0 Å². The number of hydrogen-bond donors (Lipinski definition) is 1. The summed E-state index contributed by atoms with van der Waals surface area (Å²) >= 11 is 0. The smallest absolute Gasteiger partial charge is 0.276 e. The van der Waals surface area contributed by atoms with E-state index >= 15 is 0 Å². The lowest BCUT2D eigenvalue weighted by Crippen LogP contribution is -2.13. The van der Waals surface area contributed by atoms with Crippen molar-refractivity contribution in [3.05, 3.63) is 70.8 Å². The van der Waals surface area contributed by atoms with E-state index in [0.717, 1.165) is 11.1 Å². The molecule has 0 heterocycles. The van der Waals surface area contributed by atoms with Gasteiger partial charge in [0, 0.05) is 0 Å². The van der Waals surface area contributed by atoms with Crippen molar-refractivity contribution in [3.63, 3.8) is 0 Å². The lowest BCUT2D eigenvalue weighted by atomic mass is 10.00. The van der Waals surface area contributed by atoms with Crippen molar-refractivity contribution in [1.82, 2.24) is 0 Å². The van der Waals surface area contributed by atoms with Crippen LogP contribution in [-0.4, -0.2) is 13.0 Å². The molecule has 19 heavy (non-hydrogen) atoms. The van der Waals surface area contributed by atoms with Crippen LogP contribution >= 0.6 is 0 Å². The van der Waals surface area contributed by atoms with E-state index in [1.54, 1.807) is 36.4 Å². The summed E-state index contributed by atoms with van der Waals surface area (Å²) in [4.78, 5) is 0. The minimum Gasteiger partial charge on any atom is -0.285 e. The third kappa shape index (κ3) is 3.03. The highest BCUT2D eigenvalue weighted by Gasteiger charge is 2.27. The van der Waals surface area contributed by atoms with Crippen molar-refractivity contribution in [2.45, 2.75) is 19.1 Å². The average Bonchev–Trinajstić information content (AvgIpc) is 2.34. The van der Waals surface area contributed by atoms with Gasteiger partial charge in [-0.3, -0.25) is 4.55 Å². The first-order valence-electron chi connectivity index (χ1n) is 5.98. The van der Waals surface area contributed by atoms with Gasteiger partial charge in [-0.05, 0) is 36.1 Å². The Bertz CT molecular complexity index is 676. The zero-order chi connectivity index (χ0) is 14.0. The molecular weight excluding hydrogens is 260 g/mol. The number of benzene rings is 2. The van der Waals surface area contributed by atoms with Crippen LogP contribution in [0.15, 0.2) is 48.5 Å². The van der Waals surface area contributed by atoms with Gasteiger partial charge >= 0.3 is 0 Å². The maximum Gasteiger partial charge on any atom is 0.276 e. The van der Waals surface area contributed by atoms with Gasteiger partial charge in [-0.25, -0.2) is 0 Å². The fraction of sp³-hybridized carbons (Fsp3) is 0.200. The fourth-order valence-corrected chi connectivity index (χ4v) is 3.08. The Kier molecular flexibility index (Phi) is 3.73. The summed E-state index contributed by atoms with van der Waals surface area (Å²) in [6.07, 6.45) is 0. The van der Waals surface area contributed by atoms with Crippen LogP contribution in [0.4, 0.5) is 0 Å². The lowest BCUT2D eigenvalue weighted by molar-refractivity contribution is 0.475. The van der Waals surface area contributed by atoms with Gasteiger partial charge in [-0.1, -0.05) is 48.5 Å². The second-order valence-corrected chi connectivity index (χ2v) is 6.15. The van der Waals surface area contributed by atoms with Gasteiger partial charge < -0.3 is 0 Å². The average molecular weight is 276 g/mol. The molecule has 100 valence electrons. The maximum absolute atomic E-state index is 11.7. The van der Waals surface area contributed by atoms with Crippen molar-refractivity contribution in [3.8, 4) is 0 Å². The molecule has 0 aliphatic carbocycles. The molecule has 0 aliphatic rings. The van der Waals surface area contributed by atoms with Crippen molar-refractivity contribution >= 4 is 10.1 Å². The van der Waals surface area contributed by atoms with Crippen LogP contribution in [0.5, 0.6) is 0 Å². The third-order valence-electron chi connectivity index (χ3n) is 3.23. The number of hydrogen-bond acceptors (Lipinski definition) is 2. The molecule has 2 rings (SSSR count). The molecule has 0 aliphatic heterocycles. The Morgan fingerprint density at radius 1 is 0.895 bits per heavy atom. The summed E-state index contributed by atoms with van der Waals surface area (Å²) in [5.41, 5.74) is 3.23. The van der Waals surface area contributed by atoms with E-state index in [0.29, 0.717) is 11.1 Å². The Morgan fingerprint density at radius 3 is 2.05 bits per heavy atom. The van der Waals surface area contributed by atoms with Crippen molar-refractivity contribution in [2.75, 3.05) is 0 Å². The highest BCUT2D eigenvalue weighted by atomic mass is 32.2. The molecule has 0 saturated carbocycles. The van der Waals surface area contributed by atoms with E-state index in [9.17, 15) is 13.0 Å². The van der Waals surface area contributed by atoms with Crippen LogP contribution in [0.1, 0.15) is 27.5 Å². The Labute approximate surface area is 113 Å². The van der Waals surface area contributed by atoms with Crippen LogP contribution in [-0.2, 0) is 10.1 Å². The van der Waals surface area contributed by atoms with Gasteiger partial charge in [-0.15, -0.1) is 0 Å². The predicted octanol–water partition coefficient (Wildman–Crippen LogP) is 3.28. The minimum absolute atomic E-state index is 0.563. The molecule has 0 fully saturated rings. The van der Waals surface area contributed by atoms with Crippen molar-refractivity contribution < 1.29 is 13.0 Å². The first kappa shape index (κ1) is 13.8. The van der Waals surface area contributed by atoms with Crippen LogP contribution in [0, 0.1) is 13.8 Å². The third-order valence-corrected chi connectivity index (χ3v) is 4.37. The van der Waals surface area contributed by atoms with E-state index < -0.39 is 15.4 Å². The van der Waals surface area contributed by atoms with Crippen molar-refractivity contribution in [2.24, 2.45) is 0 Å². The molecule has 0 bridgehead atoms. The van der Waals surface area contributed by atoms with E-state index in [2.05, 4.69) is 0 Å². The highest BCUT2D eigenvalue weighted by Crippen LogP contribution is 2.30. The van der Waals surface area contributed by atoms with E-state index in [-0.39, 0.29) is 0 Å². The molecule has 0 amide bonds. The molecule has 0 aromatic heterocycles. The number of aryl methyl sites for hydroxylation is 2. The molecule has 0 spiro atoms. The molecule has 2 aromatic rings. The van der Waals surface area contributed by atoms with E-state index in [4.69, 9.17) is 0 Å². The molecule has 1 N–H and O–H groups in total. The van der Waals surface area contributed by atoms with Gasteiger partial charge in [0.05, 0.1) is 0 Å². The van der Waals surface area contributed by atoms with Crippen LogP contribution in [0.2, 0.25) is 0 Å². The van der Waals surface area contributed by atoms with Gasteiger partial charge in [-0.2, -0.15) is 8.42 Å². The normalized spacial score (nSPS) is 13.2. The standard InChI is InChI=1S/C15H16O3S/c1-11-8-9-14(10-12(11)2)15(19(16,17)18)13-6-4-3-5-7-13/h3-10,15H,1-2H3,(H,16,17,18). The Hall–Kier alpha value is -1.65. The van der Waals surface area contributed by atoms with Crippen molar-refractivity contribution in [1.29, 1.82) is 0 Å². The number of rotatable bonds is 3. The lowest BCUT2D eigenvalue weighted by Gasteiger charge is -2.16. The van der Waals surface area contributed by atoms with E-state index in [1.807, 2.05) is 26.0 Å². The fourth-order valence-electron chi connectivity index (χ4n) is 2.09. The summed E-state index contributed by atoms with van der Waals surface area (Å²) in [5, 5.41) is -1.03. The molecule has 4 heteroatoms. The van der Waals surface area contributed by atoms with Crippen LogP contribution < -0.4 is 0 Å². The quantitative estimate of drug-likeness (QED) is 0.875. The second kappa shape index (κ2) is 5.15. The molecule has 0 radical (unpaired) electrons. The maximum atomic E-state index is 11.7. The first-order chi connectivity index (χ1) is 8.89. The van der Waals surface area contributed by atoms with Gasteiger partial charge in [0.25, 0.3) is 10.1 Å². The molecular formula is C15H16O3S. The molecule has 3 nitrogen and oxygen atoms in total. The van der Waals surface area contributed by atoms with Gasteiger partial charge in [0.1, 0.15) is 5.25 Å².